The Morgan fingerprint density at radius 2 is 2.29 bits per heavy atom. The minimum Gasteiger partial charge on any atom is -0.464 e. The summed E-state index contributed by atoms with van der Waals surface area (Å²) >= 11 is 0. The van der Waals surface area contributed by atoms with E-state index in [1.54, 1.807) is 0 Å². The van der Waals surface area contributed by atoms with E-state index < -0.39 is 10.9 Å². The Hall–Kier alpha value is -1.98. The summed E-state index contributed by atoms with van der Waals surface area (Å²) < 4.78 is 4.38. The molecule has 0 aliphatic heterocycles. The van der Waals surface area contributed by atoms with Crippen LogP contribution >= 0.6 is 0 Å². The summed E-state index contributed by atoms with van der Waals surface area (Å²) in [7, 11) is 1.15. The first kappa shape index (κ1) is 10.1. The van der Waals surface area contributed by atoms with Gasteiger partial charge in [0.1, 0.15) is 0 Å². The monoisotopic (exact) mass is 196 g/mol. The predicted octanol–water partition coefficient (Wildman–Crippen LogP) is 1.08. The number of pyridine rings is 1. The number of nitrogens with zero attached hydrogens (tertiary/aromatic N) is 2. The summed E-state index contributed by atoms with van der Waals surface area (Å²) in [5, 5.41) is 10.6. The normalized spacial score (nSPS) is 9.57. The largest absolute Gasteiger partial charge is 0.464 e. The number of methoxy groups -OCH3 is 1. The van der Waals surface area contributed by atoms with Crippen LogP contribution in [0.4, 0.5) is 5.69 Å². The molecule has 6 heteroatoms. The van der Waals surface area contributed by atoms with E-state index in [2.05, 4.69) is 9.72 Å². The first-order valence-corrected chi connectivity index (χ1v) is 3.76. The van der Waals surface area contributed by atoms with Crippen molar-refractivity contribution in [3.8, 4) is 0 Å². The smallest absolute Gasteiger partial charge is 0.363 e. The van der Waals surface area contributed by atoms with E-state index in [1.807, 2.05) is 0 Å². The molecule has 0 atom stereocenters. The lowest BCUT2D eigenvalue weighted by molar-refractivity contribution is -0.386. The second-order valence-corrected chi connectivity index (χ2v) is 2.57. The molecule has 1 aromatic heterocycles. The minimum atomic E-state index is -0.805. The Balaban J connectivity index is 3.35. The van der Waals surface area contributed by atoms with Gasteiger partial charge < -0.3 is 4.74 Å². The third-order valence-corrected chi connectivity index (χ3v) is 1.69. The van der Waals surface area contributed by atoms with Crippen LogP contribution in [0.3, 0.4) is 0 Å². The molecular weight excluding hydrogens is 188 g/mol. The SMILES string of the molecule is COC(=O)c1nccc(C)c1[N+](=O)[O-]. The van der Waals surface area contributed by atoms with Gasteiger partial charge in [0.05, 0.1) is 12.0 Å². The van der Waals surface area contributed by atoms with Crippen LogP contribution in [-0.2, 0) is 4.74 Å². The highest BCUT2D eigenvalue weighted by atomic mass is 16.6. The average Bonchev–Trinajstić information content (AvgIpc) is 2.15. The van der Waals surface area contributed by atoms with Crippen molar-refractivity contribution < 1.29 is 14.5 Å². The molecule has 0 aromatic carbocycles. The molecule has 0 aliphatic rings. The number of hydrogen-bond acceptors (Lipinski definition) is 5. The van der Waals surface area contributed by atoms with Crippen LogP contribution in [0, 0.1) is 17.0 Å². The van der Waals surface area contributed by atoms with E-state index in [1.165, 1.54) is 19.2 Å². The predicted molar refractivity (Wildman–Crippen MR) is 47.0 cm³/mol. The van der Waals surface area contributed by atoms with Gasteiger partial charge in [-0.2, -0.15) is 0 Å². The lowest BCUT2D eigenvalue weighted by Gasteiger charge is -2.01. The quantitative estimate of drug-likeness (QED) is 0.401. The Kier molecular flexibility index (Phi) is 2.76. The summed E-state index contributed by atoms with van der Waals surface area (Å²) in [5.41, 5.74) is -0.192. The molecule has 0 unspecified atom stereocenters. The minimum absolute atomic E-state index is 0.266. The summed E-state index contributed by atoms with van der Waals surface area (Å²) in [6, 6.07) is 1.46. The zero-order chi connectivity index (χ0) is 10.7. The maximum absolute atomic E-state index is 11.1. The number of aryl methyl sites for hydroxylation is 1. The second-order valence-electron chi connectivity index (χ2n) is 2.57. The zero-order valence-corrected chi connectivity index (χ0v) is 7.68. The number of esters is 1. The van der Waals surface area contributed by atoms with Crippen molar-refractivity contribution in [2.75, 3.05) is 7.11 Å². The third kappa shape index (κ3) is 1.68. The molecule has 0 aliphatic carbocycles. The molecule has 6 nitrogen and oxygen atoms in total. The Morgan fingerprint density at radius 1 is 1.64 bits per heavy atom. The number of rotatable bonds is 2. The Morgan fingerprint density at radius 3 is 2.79 bits per heavy atom. The van der Waals surface area contributed by atoms with Crippen molar-refractivity contribution in [3.05, 3.63) is 33.6 Å². The maximum Gasteiger partial charge on any atom is 0.363 e. The summed E-state index contributed by atoms with van der Waals surface area (Å²) in [6.45, 7) is 1.53. The average molecular weight is 196 g/mol. The first-order valence-electron chi connectivity index (χ1n) is 3.76. The van der Waals surface area contributed by atoms with E-state index in [0.29, 0.717) is 5.56 Å². The van der Waals surface area contributed by atoms with Crippen LogP contribution in [0.5, 0.6) is 0 Å². The molecule has 0 spiro atoms. The van der Waals surface area contributed by atoms with Crippen LogP contribution in [0.15, 0.2) is 12.3 Å². The van der Waals surface area contributed by atoms with Gasteiger partial charge in [0, 0.05) is 11.8 Å². The Labute approximate surface area is 79.7 Å². The van der Waals surface area contributed by atoms with Crippen LogP contribution in [0.1, 0.15) is 16.1 Å². The molecule has 74 valence electrons. The van der Waals surface area contributed by atoms with Gasteiger partial charge in [-0.3, -0.25) is 10.1 Å². The topological polar surface area (TPSA) is 82.3 Å². The summed E-state index contributed by atoms with van der Waals surface area (Å²) in [4.78, 5) is 24.7. The second kappa shape index (κ2) is 3.82. The van der Waals surface area contributed by atoms with Gasteiger partial charge in [-0.1, -0.05) is 0 Å². The van der Waals surface area contributed by atoms with E-state index in [0.717, 1.165) is 7.11 Å². The lowest BCUT2D eigenvalue weighted by Crippen LogP contribution is -2.09. The maximum atomic E-state index is 11.1. The number of hydrogen-bond donors (Lipinski definition) is 0. The van der Waals surface area contributed by atoms with Crippen LogP contribution in [0.2, 0.25) is 0 Å². The fraction of sp³-hybridized carbons (Fsp3) is 0.250. The fourth-order valence-corrected chi connectivity index (χ4v) is 1.03. The van der Waals surface area contributed by atoms with E-state index in [-0.39, 0.29) is 11.4 Å². The van der Waals surface area contributed by atoms with Crippen LogP contribution in [0.25, 0.3) is 0 Å². The van der Waals surface area contributed by atoms with E-state index in [9.17, 15) is 14.9 Å². The molecule has 0 amide bonds. The molecular formula is C8H8N2O4. The van der Waals surface area contributed by atoms with Crippen molar-refractivity contribution in [2.45, 2.75) is 6.92 Å². The van der Waals surface area contributed by atoms with Crippen LogP contribution in [-0.4, -0.2) is 23.0 Å². The molecule has 1 aromatic rings. The van der Waals surface area contributed by atoms with Gasteiger partial charge in [0.2, 0.25) is 5.69 Å². The first-order chi connectivity index (χ1) is 6.57. The van der Waals surface area contributed by atoms with Crippen molar-refractivity contribution in [1.82, 2.24) is 4.98 Å². The van der Waals surface area contributed by atoms with Gasteiger partial charge in [-0.25, -0.2) is 9.78 Å². The molecule has 1 heterocycles. The highest BCUT2D eigenvalue weighted by Gasteiger charge is 2.24. The van der Waals surface area contributed by atoms with Gasteiger partial charge in [-0.05, 0) is 13.0 Å². The highest BCUT2D eigenvalue weighted by Crippen LogP contribution is 2.21. The number of carbonyl (C=O) groups is 1. The van der Waals surface area contributed by atoms with E-state index >= 15 is 0 Å². The molecule has 0 saturated heterocycles. The molecule has 0 bridgehead atoms. The molecule has 0 saturated carbocycles. The zero-order valence-electron chi connectivity index (χ0n) is 7.68. The number of nitro groups is 1. The van der Waals surface area contributed by atoms with Crippen molar-refractivity contribution in [3.63, 3.8) is 0 Å². The van der Waals surface area contributed by atoms with E-state index in [4.69, 9.17) is 0 Å². The fourth-order valence-electron chi connectivity index (χ4n) is 1.03. The van der Waals surface area contributed by atoms with Crippen molar-refractivity contribution in [2.24, 2.45) is 0 Å². The standard InChI is InChI=1S/C8H8N2O4/c1-5-3-4-9-6(8(11)14-2)7(5)10(12)13/h3-4H,1-2H3. The van der Waals surface area contributed by atoms with Crippen molar-refractivity contribution >= 4 is 11.7 Å². The molecule has 14 heavy (non-hydrogen) atoms. The third-order valence-electron chi connectivity index (χ3n) is 1.69. The van der Waals surface area contributed by atoms with Gasteiger partial charge in [-0.15, -0.1) is 0 Å². The van der Waals surface area contributed by atoms with Gasteiger partial charge >= 0.3 is 11.7 Å². The molecule has 0 fully saturated rings. The molecule has 0 radical (unpaired) electrons. The highest BCUT2D eigenvalue weighted by molar-refractivity contribution is 5.92. The summed E-state index contributed by atoms with van der Waals surface area (Å²) in [6.07, 6.45) is 1.33. The molecule has 0 N–H and O–H groups in total. The Bertz CT molecular complexity index is 389. The number of aromatic nitrogens is 1. The van der Waals surface area contributed by atoms with Crippen LogP contribution < -0.4 is 0 Å². The lowest BCUT2D eigenvalue weighted by atomic mass is 10.2. The molecule has 1 rings (SSSR count). The summed E-state index contributed by atoms with van der Waals surface area (Å²) in [5.74, 6) is -0.805. The number of carbonyl (C=O) groups excluding carboxylic acids is 1. The van der Waals surface area contributed by atoms with Gasteiger partial charge in [0.25, 0.3) is 0 Å². The number of ether oxygens (including phenoxy) is 1. The van der Waals surface area contributed by atoms with Crippen molar-refractivity contribution in [1.29, 1.82) is 0 Å². The van der Waals surface area contributed by atoms with Gasteiger partial charge in [0.15, 0.2) is 0 Å².